The van der Waals surface area contributed by atoms with Gasteiger partial charge >= 0.3 is 6.03 Å². The lowest BCUT2D eigenvalue weighted by molar-refractivity contribution is -0.133. The Hall–Kier alpha value is -2.09. The summed E-state index contributed by atoms with van der Waals surface area (Å²) >= 11 is 7.60. The molecule has 0 aliphatic carbocycles. The Kier molecular flexibility index (Phi) is 5.55. The fourth-order valence-corrected chi connectivity index (χ4v) is 5.15. The quantitative estimate of drug-likeness (QED) is 0.703. The van der Waals surface area contributed by atoms with Gasteiger partial charge in [0.05, 0.1) is 6.54 Å². The highest BCUT2D eigenvalue weighted by Crippen LogP contribution is 2.35. The summed E-state index contributed by atoms with van der Waals surface area (Å²) in [7, 11) is 0. The Balaban J connectivity index is 1.39. The van der Waals surface area contributed by atoms with Crippen LogP contribution in [0.2, 0.25) is 5.02 Å². The summed E-state index contributed by atoms with van der Waals surface area (Å²) in [6.45, 7) is 4.36. The second-order valence-electron chi connectivity index (χ2n) is 7.98. The summed E-state index contributed by atoms with van der Waals surface area (Å²) < 4.78 is 0. The van der Waals surface area contributed by atoms with Crippen LogP contribution in [0.4, 0.5) is 4.79 Å². The van der Waals surface area contributed by atoms with Crippen molar-refractivity contribution >= 4 is 34.9 Å². The largest absolute Gasteiger partial charge is 0.508 e. The fraction of sp³-hybridized carbons (Fsp3) is 0.429. The SMILES string of the molecule is CC1(C2CCN(Cc3cc(Cl)ccc3O)CC2)NC(=O)N(Cc2ccsc2)C1=O. The van der Waals surface area contributed by atoms with Crippen LogP contribution >= 0.6 is 22.9 Å². The number of piperidine rings is 1. The van der Waals surface area contributed by atoms with E-state index in [-0.39, 0.29) is 23.6 Å². The van der Waals surface area contributed by atoms with Gasteiger partial charge in [-0.15, -0.1) is 0 Å². The third kappa shape index (κ3) is 3.99. The number of benzene rings is 1. The van der Waals surface area contributed by atoms with Crippen LogP contribution in [0.5, 0.6) is 5.75 Å². The minimum absolute atomic E-state index is 0.0793. The van der Waals surface area contributed by atoms with Crippen molar-refractivity contribution in [1.82, 2.24) is 15.1 Å². The Morgan fingerprint density at radius 2 is 2.00 bits per heavy atom. The minimum Gasteiger partial charge on any atom is -0.508 e. The van der Waals surface area contributed by atoms with E-state index in [4.69, 9.17) is 11.6 Å². The third-order valence-corrected chi connectivity index (χ3v) is 7.03. The van der Waals surface area contributed by atoms with Crippen molar-refractivity contribution in [3.8, 4) is 5.75 Å². The maximum absolute atomic E-state index is 13.1. The molecule has 0 spiro atoms. The topological polar surface area (TPSA) is 72.9 Å². The first kappa shape index (κ1) is 20.2. The van der Waals surface area contributed by atoms with Gasteiger partial charge in [-0.3, -0.25) is 14.6 Å². The molecule has 1 aromatic carbocycles. The number of nitrogens with one attached hydrogen (secondary N) is 1. The molecule has 1 aromatic heterocycles. The number of carbonyl (C=O) groups excluding carboxylic acids is 2. The van der Waals surface area contributed by atoms with Crippen molar-refractivity contribution in [3.63, 3.8) is 0 Å². The lowest BCUT2D eigenvalue weighted by Crippen LogP contribution is -2.53. The van der Waals surface area contributed by atoms with Gasteiger partial charge in [0.1, 0.15) is 11.3 Å². The van der Waals surface area contributed by atoms with Crippen LogP contribution in [0.3, 0.4) is 0 Å². The summed E-state index contributed by atoms with van der Waals surface area (Å²) in [5, 5.41) is 17.5. The Bertz CT molecular complexity index is 912. The van der Waals surface area contributed by atoms with Gasteiger partial charge in [0.2, 0.25) is 0 Å². The van der Waals surface area contributed by atoms with Gasteiger partial charge in [0.15, 0.2) is 0 Å². The maximum Gasteiger partial charge on any atom is 0.325 e. The lowest BCUT2D eigenvalue weighted by atomic mass is 9.79. The highest BCUT2D eigenvalue weighted by molar-refractivity contribution is 7.07. The molecular formula is C21H24ClN3O3S. The van der Waals surface area contributed by atoms with Crippen molar-refractivity contribution in [2.75, 3.05) is 13.1 Å². The molecule has 3 amide bonds. The van der Waals surface area contributed by atoms with E-state index in [9.17, 15) is 14.7 Å². The molecule has 1 atom stereocenters. The second-order valence-corrected chi connectivity index (χ2v) is 9.20. The highest BCUT2D eigenvalue weighted by atomic mass is 35.5. The number of hydrogen-bond donors (Lipinski definition) is 2. The van der Waals surface area contributed by atoms with E-state index >= 15 is 0 Å². The number of phenolic OH excluding ortho intramolecular Hbond substituents is 1. The normalized spacial score (nSPS) is 23.6. The first-order chi connectivity index (χ1) is 13.9. The van der Waals surface area contributed by atoms with Gasteiger partial charge in [-0.05, 0) is 79.4 Å². The van der Waals surface area contributed by atoms with Crippen molar-refractivity contribution < 1.29 is 14.7 Å². The summed E-state index contributed by atoms with van der Waals surface area (Å²) in [6.07, 6.45) is 1.60. The molecule has 2 aliphatic heterocycles. The number of imide groups is 1. The number of nitrogens with zero attached hydrogens (tertiary/aromatic N) is 2. The molecule has 8 heteroatoms. The summed E-state index contributed by atoms with van der Waals surface area (Å²) in [6, 6.07) is 6.69. The van der Waals surface area contributed by atoms with Crippen LogP contribution in [0, 0.1) is 5.92 Å². The lowest BCUT2D eigenvalue weighted by Gasteiger charge is -2.39. The molecule has 2 aliphatic rings. The molecule has 6 nitrogen and oxygen atoms in total. The van der Waals surface area contributed by atoms with E-state index in [0.717, 1.165) is 37.1 Å². The standard InChI is InChI=1S/C21H24ClN3O3S/c1-21(19(27)25(20(28)23-21)11-14-6-9-29-13-14)16-4-7-24(8-5-16)12-15-10-17(22)2-3-18(15)26/h2-3,6,9-10,13,16,26H,4-5,7-8,11-12H2,1H3,(H,23,28). The number of aromatic hydroxyl groups is 1. The van der Waals surface area contributed by atoms with Gasteiger partial charge < -0.3 is 10.4 Å². The summed E-state index contributed by atoms with van der Waals surface area (Å²) in [4.78, 5) is 29.2. The molecule has 3 heterocycles. The van der Waals surface area contributed by atoms with Crippen molar-refractivity contribution in [2.24, 2.45) is 5.92 Å². The molecule has 4 rings (SSSR count). The van der Waals surface area contributed by atoms with E-state index in [1.165, 1.54) is 4.90 Å². The van der Waals surface area contributed by atoms with Crippen LogP contribution in [-0.2, 0) is 17.9 Å². The van der Waals surface area contributed by atoms with Crippen LogP contribution in [0.15, 0.2) is 35.0 Å². The first-order valence-corrected chi connectivity index (χ1v) is 11.0. The van der Waals surface area contributed by atoms with E-state index in [1.54, 1.807) is 29.5 Å². The number of hydrogen-bond acceptors (Lipinski definition) is 5. The number of likely N-dealkylation sites (tertiary alicyclic amines) is 1. The van der Waals surface area contributed by atoms with Gasteiger partial charge in [0.25, 0.3) is 5.91 Å². The Morgan fingerprint density at radius 3 is 2.69 bits per heavy atom. The summed E-state index contributed by atoms with van der Waals surface area (Å²) in [5.74, 6) is 0.182. The molecule has 0 radical (unpaired) electrons. The molecule has 2 saturated heterocycles. The average molecular weight is 434 g/mol. The Labute approximate surface area is 179 Å². The molecule has 1 unspecified atom stereocenters. The number of rotatable bonds is 5. The van der Waals surface area contributed by atoms with Gasteiger partial charge in [0, 0.05) is 17.1 Å². The van der Waals surface area contributed by atoms with Crippen LogP contribution in [0.1, 0.15) is 30.9 Å². The molecule has 0 bridgehead atoms. The smallest absolute Gasteiger partial charge is 0.325 e. The van der Waals surface area contributed by atoms with Gasteiger partial charge in [-0.1, -0.05) is 11.6 Å². The van der Waals surface area contributed by atoms with E-state index < -0.39 is 5.54 Å². The zero-order chi connectivity index (χ0) is 20.6. The number of amides is 3. The number of carbonyl (C=O) groups is 2. The molecule has 154 valence electrons. The van der Waals surface area contributed by atoms with Crippen LogP contribution in [-0.4, -0.2) is 45.5 Å². The predicted molar refractivity (Wildman–Crippen MR) is 113 cm³/mol. The zero-order valence-electron chi connectivity index (χ0n) is 16.2. The maximum atomic E-state index is 13.1. The molecule has 2 N–H and O–H groups in total. The third-order valence-electron chi connectivity index (χ3n) is 6.06. The van der Waals surface area contributed by atoms with Crippen molar-refractivity contribution in [2.45, 2.75) is 38.4 Å². The first-order valence-electron chi connectivity index (χ1n) is 9.72. The van der Waals surface area contributed by atoms with Gasteiger partial charge in [-0.25, -0.2) is 4.79 Å². The highest BCUT2D eigenvalue weighted by Gasteiger charge is 2.52. The van der Waals surface area contributed by atoms with Gasteiger partial charge in [-0.2, -0.15) is 11.3 Å². The van der Waals surface area contributed by atoms with Crippen LogP contribution < -0.4 is 5.32 Å². The predicted octanol–water partition coefficient (Wildman–Crippen LogP) is 3.83. The summed E-state index contributed by atoms with van der Waals surface area (Å²) in [5.41, 5.74) is 0.908. The molecular weight excluding hydrogens is 410 g/mol. The van der Waals surface area contributed by atoms with E-state index in [1.807, 2.05) is 23.8 Å². The number of urea groups is 1. The average Bonchev–Trinajstić information content (AvgIpc) is 3.28. The monoisotopic (exact) mass is 433 g/mol. The number of phenols is 1. The van der Waals surface area contributed by atoms with Crippen molar-refractivity contribution in [1.29, 1.82) is 0 Å². The fourth-order valence-electron chi connectivity index (χ4n) is 4.29. The minimum atomic E-state index is -0.864. The van der Waals surface area contributed by atoms with Crippen LogP contribution in [0.25, 0.3) is 0 Å². The van der Waals surface area contributed by atoms with Crippen molar-refractivity contribution in [3.05, 3.63) is 51.2 Å². The molecule has 0 saturated carbocycles. The zero-order valence-corrected chi connectivity index (χ0v) is 17.8. The number of halogens is 1. The second kappa shape index (κ2) is 7.97. The molecule has 2 aromatic rings. The van der Waals surface area contributed by atoms with E-state index in [2.05, 4.69) is 10.2 Å². The number of thiophene rings is 1. The Morgan fingerprint density at radius 1 is 1.24 bits per heavy atom. The molecule has 2 fully saturated rings. The van der Waals surface area contributed by atoms with E-state index in [0.29, 0.717) is 18.1 Å². The molecule has 29 heavy (non-hydrogen) atoms.